The Balaban J connectivity index is 2.24. The number of amides is 1. The molecule has 1 aromatic heterocycles. The molecular weight excluding hydrogens is 228 g/mol. The lowest BCUT2D eigenvalue weighted by Crippen LogP contribution is -2.13. The molecule has 0 atom stereocenters. The summed E-state index contributed by atoms with van der Waals surface area (Å²) in [7, 11) is 1.80. The van der Waals surface area contributed by atoms with Gasteiger partial charge in [0.25, 0.3) is 5.91 Å². The lowest BCUT2D eigenvalue weighted by atomic mass is 10.1. The maximum absolute atomic E-state index is 11.9. The largest absolute Gasteiger partial charge is 0.340 e. The van der Waals surface area contributed by atoms with Crippen molar-refractivity contribution in [3.8, 4) is 6.07 Å². The van der Waals surface area contributed by atoms with E-state index in [1.807, 2.05) is 13.0 Å². The van der Waals surface area contributed by atoms with E-state index in [9.17, 15) is 4.79 Å². The Kier molecular flexibility index (Phi) is 3.11. The summed E-state index contributed by atoms with van der Waals surface area (Å²) in [6, 6.07) is 7.20. The molecule has 0 aliphatic carbocycles. The highest BCUT2D eigenvalue weighted by molar-refractivity contribution is 6.03. The van der Waals surface area contributed by atoms with Gasteiger partial charge in [-0.3, -0.25) is 4.79 Å². The van der Waals surface area contributed by atoms with E-state index >= 15 is 0 Å². The first kappa shape index (κ1) is 11.9. The van der Waals surface area contributed by atoms with E-state index in [2.05, 4.69) is 10.3 Å². The number of imidazole rings is 1. The van der Waals surface area contributed by atoms with Gasteiger partial charge in [0.15, 0.2) is 0 Å². The van der Waals surface area contributed by atoms with Crippen LogP contribution in [0.25, 0.3) is 0 Å². The SMILES string of the molecule is Cc1ccc(C#N)cc1NC(=O)c1cn(C)cn1. The van der Waals surface area contributed by atoms with Crippen LogP contribution in [0.1, 0.15) is 21.6 Å². The lowest BCUT2D eigenvalue weighted by molar-refractivity contribution is 0.102. The monoisotopic (exact) mass is 240 g/mol. The minimum atomic E-state index is -0.284. The first-order valence-electron chi connectivity index (χ1n) is 5.40. The smallest absolute Gasteiger partial charge is 0.275 e. The number of anilines is 1. The highest BCUT2D eigenvalue weighted by Gasteiger charge is 2.10. The minimum absolute atomic E-state index is 0.284. The fourth-order valence-corrected chi connectivity index (χ4v) is 1.54. The zero-order valence-electron chi connectivity index (χ0n) is 10.1. The quantitative estimate of drug-likeness (QED) is 0.870. The Morgan fingerprint density at radius 3 is 2.89 bits per heavy atom. The fraction of sp³-hybridized carbons (Fsp3) is 0.154. The Bertz CT molecular complexity index is 637. The van der Waals surface area contributed by atoms with E-state index in [1.165, 1.54) is 0 Å². The molecule has 0 saturated heterocycles. The van der Waals surface area contributed by atoms with Crippen LogP contribution in [0.5, 0.6) is 0 Å². The topological polar surface area (TPSA) is 70.7 Å². The highest BCUT2D eigenvalue weighted by Crippen LogP contribution is 2.17. The summed E-state index contributed by atoms with van der Waals surface area (Å²) in [5.41, 5.74) is 2.39. The predicted octanol–water partition coefficient (Wildman–Crippen LogP) is 1.85. The van der Waals surface area contributed by atoms with Gasteiger partial charge in [-0.1, -0.05) is 6.07 Å². The van der Waals surface area contributed by atoms with Gasteiger partial charge in [-0.15, -0.1) is 0 Å². The van der Waals surface area contributed by atoms with Crippen LogP contribution in [0.2, 0.25) is 0 Å². The number of aromatic nitrogens is 2. The number of carbonyl (C=O) groups is 1. The second-order valence-corrected chi connectivity index (χ2v) is 4.02. The molecular formula is C13H12N4O. The fourth-order valence-electron chi connectivity index (χ4n) is 1.54. The lowest BCUT2D eigenvalue weighted by Gasteiger charge is -2.07. The number of carbonyl (C=O) groups excluding carboxylic acids is 1. The number of benzene rings is 1. The van der Waals surface area contributed by atoms with E-state index in [4.69, 9.17) is 5.26 Å². The average Bonchev–Trinajstić information content (AvgIpc) is 2.79. The molecule has 2 rings (SSSR count). The third-order valence-corrected chi connectivity index (χ3v) is 2.55. The zero-order valence-corrected chi connectivity index (χ0v) is 10.1. The molecule has 0 aliphatic heterocycles. The maximum atomic E-state index is 11.9. The van der Waals surface area contributed by atoms with Crippen molar-refractivity contribution < 1.29 is 4.79 Å². The van der Waals surface area contributed by atoms with Crippen LogP contribution in [0.3, 0.4) is 0 Å². The van der Waals surface area contributed by atoms with Crippen molar-refractivity contribution in [3.05, 3.63) is 47.5 Å². The number of nitriles is 1. The van der Waals surface area contributed by atoms with Crippen molar-refractivity contribution in [1.82, 2.24) is 9.55 Å². The molecule has 1 aromatic carbocycles. The Labute approximate surface area is 105 Å². The molecule has 0 saturated carbocycles. The van der Waals surface area contributed by atoms with Crippen LogP contribution in [-0.4, -0.2) is 15.5 Å². The molecule has 0 spiro atoms. The van der Waals surface area contributed by atoms with Crippen molar-refractivity contribution in [3.63, 3.8) is 0 Å². The number of hydrogen-bond acceptors (Lipinski definition) is 3. The van der Waals surface area contributed by atoms with Gasteiger partial charge in [-0.05, 0) is 24.6 Å². The summed E-state index contributed by atoms with van der Waals surface area (Å²) in [6.45, 7) is 1.87. The maximum Gasteiger partial charge on any atom is 0.275 e. The summed E-state index contributed by atoms with van der Waals surface area (Å²) in [5.74, 6) is -0.284. The molecule has 0 bridgehead atoms. The predicted molar refractivity (Wildman–Crippen MR) is 67.1 cm³/mol. The first-order chi connectivity index (χ1) is 8.60. The molecule has 5 nitrogen and oxygen atoms in total. The van der Waals surface area contributed by atoms with Gasteiger partial charge in [-0.25, -0.2) is 4.98 Å². The molecule has 5 heteroatoms. The van der Waals surface area contributed by atoms with Crippen LogP contribution < -0.4 is 5.32 Å². The molecule has 1 N–H and O–H groups in total. The van der Waals surface area contributed by atoms with Crippen molar-refractivity contribution in [2.24, 2.45) is 7.05 Å². The standard InChI is InChI=1S/C13H12N4O/c1-9-3-4-10(6-14)5-11(9)16-13(18)12-7-17(2)8-15-12/h3-5,7-8H,1-2H3,(H,16,18). The molecule has 18 heavy (non-hydrogen) atoms. The van der Waals surface area contributed by atoms with Gasteiger partial charge < -0.3 is 9.88 Å². The molecule has 0 aliphatic rings. The number of nitrogens with zero attached hydrogens (tertiary/aromatic N) is 3. The molecule has 1 amide bonds. The van der Waals surface area contributed by atoms with Crippen LogP contribution >= 0.6 is 0 Å². The van der Waals surface area contributed by atoms with E-state index in [0.29, 0.717) is 16.9 Å². The summed E-state index contributed by atoms with van der Waals surface area (Å²) < 4.78 is 1.70. The van der Waals surface area contributed by atoms with Crippen molar-refractivity contribution >= 4 is 11.6 Å². The van der Waals surface area contributed by atoms with E-state index < -0.39 is 0 Å². The molecule has 90 valence electrons. The summed E-state index contributed by atoms with van der Waals surface area (Å²) in [5, 5.41) is 11.6. The molecule has 0 unspecified atom stereocenters. The normalized spacial score (nSPS) is 9.83. The minimum Gasteiger partial charge on any atom is -0.340 e. The van der Waals surface area contributed by atoms with Gasteiger partial charge in [0.05, 0.1) is 18.0 Å². The van der Waals surface area contributed by atoms with Crippen LogP contribution in [0.15, 0.2) is 30.7 Å². The van der Waals surface area contributed by atoms with Crippen LogP contribution in [0.4, 0.5) is 5.69 Å². The summed E-state index contributed by atoms with van der Waals surface area (Å²) >= 11 is 0. The van der Waals surface area contributed by atoms with Crippen molar-refractivity contribution in [1.29, 1.82) is 5.26 Å². The number of aryl methyl sites for hydroxylation is 2. The average molecular weight is 240 g/mol. The van der Waals surface area contributed by atoms with Gasteiger partial charge in [0.1, 0.15) is 5.69 Å². The van der Waals surface area contributed by atoms with Crippen LogP contribution in [-0.2, 0) is 7.05 Å². The molecule has 2 aromatic rings. The van der Waals surface area contributed by atoms with Crippen LogP contribution in [0, 0.1) is 18.3 Å². The summed E-state index contributed by atoms with van der Waals surface area (Å²) in [6.07, 6.45) is 3.20. The number of rotatable bonds is 2. The molecule has 0 radical (unpaired) electrons. The highest BCUT2D eigenvalue weighted by atomic mass is 16.1. The Morgan fingerprint density at radius 2 is 2.28 bits per heavy atom. The van der Waals surface area contributed by atoms with E-state index in [1.54, 1.807) is 42.3 Å². The van der Waals surface area contributed by atoms with Gasteiger partial charge >= 0.3 is 0 Å². The summed E-state index contributed by atoms with van der Waals surface area (Å²) in [4.78, 5) is 15.9. The van der Waals surface area contributed by atoms with Gasteiger partial charge in [-0.2, -0.15) is 5.26 Å². The zero-order chi connectivity index (χ0) is 13.1. The number of nitrogens with one attached hydrogen (secondary N) is 1. The molecule has 1 heterocycles. The third-order valence-electron chi connectivity index (χ3n) is 2.55. The Morgan fingerprint density at radius 1 is 1.50 bits per heavy atom. The van der Waals surface area contributed by atoms with Crippen molar-refractivity contribution in [2.75, 3.05) is 5.32 Å². The second kappa shape index (κ2) is 4.72. The molecule has 0 fully saturated rings. The Hall–Kier alpha value is -2.61. The van der Waals surface area contributed by atoms with Crippen molar-refractivity contribution in [2.45, 2.75) is 6.92 Å². The van der Waals surface area contributed by atoms with Gasteiger partial charge in [0.2, 0.25) is 0 Å². The van der Waals surface area contributed by atoms with E-state index in [-0.39, 0.29) is 5.91 Å². The van der Waals surface area contributed by atoms with E-state index in [0.717, 1.165) is 5.56 Å². The third kappa shape index (κ3) is 2.38. The van der Waals surface area contributed by atoms with Gasteiger partial charge in [0, 0.05) is 18.9 Å². The number of hydrogen-bond donors (Lipinski definition) is 1. The first-order valence-corrected chi connectivity index (χ1v) is 5.40. The second-order valence-electron chi connectivity index (χ2n) is 4.02.